The minimum atomic E-state index is -0.366. The first-order chi connectivity index (χ1) is 7.86. The summed E-state index contributed by atoms with van der Waals surface area (Å²) in [5, 5.41) is 2.58. The number of ether oxygens (including phenoxy) is 1. The number of carbonyl (C=O) groups excluding carboxylic acids is 2. The third kappa shape index (κ3) is 7.77. The number of hydrogen-bond donors (Lipinski definition) is 1. The predicted molar refractivity (Wildman–Crippen MR) is 67.5 cm³/mol. The fourth-order valence-electron chi connectivity index (χ4n) is 1.50. The molecule has 0 aromatic carbocycles. The zero-order chi connectivity index (χ0) is 13.4. The predicted octanol–water partition coefficient (Wildman–Crippen LogP) is 2.13. The average molecular weight is 243 g/mol. The van der Waals surface area contributed by atoms with Gasteiger partial charge < -0.3 is 10.1 Å². The topological polar surface area (TPSA) is 55.4 Å². The van der Waals surface area contributed by atoms with Crippen LogP contribution in [0.2, 0.25) is 0 Å². The Morgan fingerprint density at radius 1 is 1.18 bits per heavy atom. The highest BCUT2D eigenvalue weighted by atomic mass is 16.5. The van der Waals surface area contributed by atoms with Crippen LogP contribution in [0, 0.1) is 11.8 Å². The zero-order valence-electron chi connectivity index (χ0n) is 11.6. The molecule has 4 heteroatoms. The molecule has 0 aliphatic heterocycles. The SMILES string of the molecule is CC[C@@H](C)C(=O)NCC(=O)O[C@@H](C)CC(C)C. The molecule has 1 N–H and O–H groups in total. The maximum atomic E-state index is 11.4. The molecule has 100 valence electrons. The number of hydrogen-bond acceptors (Lipinski definition) is 3. The van der Waals surface area contributed by atoms with Crippen molar-refractivity contribution >= 4 is 11.9 Å². The summed E-state index contributed by atoms with van der Waals surface area (Å²) in [4.78, 5) is 22.8. The van der Waals surface area contributed by atoms with E-state index in [-0.39, 0.29) is 30.4 Å². The first kappa shape index (κ1) is 15.9. The molecule has 0 unspecified atom stereocenters. The second-order valence-corrected chi connectivity index (χ2v) is 4.96. The van der Waals surface area contributed by atoms with Gasteiger partial charge in [0.05, 0.1) is 6.10 Å². The van der Waals surface area contributed by atoms with E-state index in [1.54, 1.807) is 0 Å². The Balaban J connectivity index is 3.83. The van der Waals surface area contributed by atoms with Crippen molar-refractivity contribution < 1.29 is 14.3 Å². The Bertz CT molecular complexity index is 251. The van der Waals surface area contributed by atoms with Crippen molar-refractivity contribution in [1.29, 1.82) is 0 Å². The van der Waals surface area contributed by atoms with Crippen molar-refractivity contribution in [3.63, 3.8) is 0 Å². The van der Waals surface area contributed by atoms with Crippen LogP contribution in [0.25, 0.3) is 0 Å². The van der Waals surface area contributed by atoms with Crippen LogP contribution in [0.1, 0.15) is 47.5 Å². The highest BCUT2D eigenvalue weighted by Crippen LogP contribution is 2.07. The van der Waals surface area contributed by atoms with E-state index >= 15 is 0 Å². The molecule has 0 saturated carbocycles. The van der Waals surface area contributed by atoms with E-state index in [1.165, 1.54) is 0 Å². The summed E-state index contributed by atoms with van der Waals surface area (Å²) >= 11 is 0. The Hall–Kier alpha value is -1.06. The van der Waals surface area contributed by atoms with Crippen molar-refractivity contribution in [3.8, 4) is 0 Å². The van der Waals surface area contributed by atoms with Crippen LogP contribution in [0.4, 0.5) is 0 Å². The van der Waals surface area contributed by atoms with E-state index < -0.39 is 0 Å². The van der Waals surface area contributed by atoms with E-state index in [0.717, 1.165) is 12.8 Å². The average Bonchev–Trinajstić information content (AvgIpc) is 2.23. The van der Waals surface area contributed by atoms with Gasteiger partial charge in [0.25, 0.3) is 0 Å². The molecule has 0 bridgehead atoms. The maximum Gasteiger partial charge on any atom is 0.325 e. The van der Waals surface area contributed by atoms with Crippen LogP contribution < -0.4 is 5.32 Å². The largest absolute Gasteiger partial charge is 0.461 e. The third-order valence-corrected chi connectivity index (χ3v) is 2.60. The first-order valence-corrected chi connectivity index (χ1v) is 6.34. The smallest absolute Gasteiger partial charge is 0.325 e. The van der Waals surface area contributed by atoms with Crippen LogP contribution in [0.3, 0.4) is 0 Å². The van der Waals surface area contributed by atoms with Gasteiger partial charge in [0, 0.05) is 5.92 Å². The highest BCUT2D eigenvalue weighted by molar-refractivity contribution is 5.83. The molecule has 4 nitrogen and oxygen atoms in total. The second-order valence-electron chi connectivity index (χ2n) is 4.96. The number of amides is 1. The lowest BCUT2D eigenvalue weighted by atomic mass is 10.1. The molecule has 0 aliphatic carbocycles. The number of esters is 1. The lowest BCUT2D eigenvalue weighted by Crippen LogP contribution is -2.35. The van der Waals surface area contributed by atoms with E-state index in [1.807, 2.05) is 20.8 Å². The Kier molecular flexibility index (Phi) is 7.59. The van der Waals surface area contributed by atoms with Gasteiger partial charge in [-0.1, -0.05) is 27.7 Å². The molecule has 0 aromatic heterocycles. The Morgan fingerprint density at radius 2 is 1.76 bits per heavy atom. The molecule has 0 heterocycles. The third-order valence-electron chi connectivity index (χ3n) is 2.60. The summed E-state index contributed by atoms with van der Waals surface area (Å²) < 4.78 is 5.17. The molecular formula is C13H25NO3. The van der Waals surface area contributed by atoms with Crippen LogP contribution >= 0.6 is 0 Å². The Morgan fingerprint density at radius 3 is 2.24 bits per heavy atom. The summed E-state index contributed by atoms with van der Waals surface area (Å²) in [5.74, 6) is -0.0286. The van der Waals surface area contributed by atoms with E-state index in [4.69, 9.17) is 4.74 Å². The molecule has 0 saturated heterocycles. The number of carbonyl (C=O) groups is 2. The molecule has 0 aliphatic rings. The zero-order valence-corrected chi connectivity index (χ0v) is 11.6. The van der Waals surface area contributed by atoms with Gasteiger partial charge in [-0.2, -0.15) is 0 Å². The van der Waals surface area contributed by atoms with Gasteiger partial charge in [-0.25, -0.2) is 0 Å². The molecule has 2 atom stereocenters. The van der Waals surface area contributed by atoms with E-state index in [2.05, 4.69) is 19.2 Å². The standard InChI is InChI=1S/C13H25NO3/c1-6-10(4)13(16)14-8-12(15)17-11(5)7-9(2)3/h9-11H,6-8H2,1-5H3,(H,14,16)/t10-,11+/m1/s1. The Labute approximate surface area is 104 Å². The van der Waals surface area contributed by atoms with Gasteiger partial charge in [0.15, 0.2) is 0 Å². The molecule has 0 spiro atoms. The first-order valence-electron chi connectivity index (χ1n) is 6.34. The molecule has 0 fully saturated rings. The normalized spacial score (nSPS) is 14.2. The fourth-order valence-corrected chi connectivity index (χ4v) is 1.50. The van der Waals surface area contributed by atoms with Gasteiger partial charge in [-0.05, 0) is 25.7 Å². The molecule has 0 aromatic rings. The van der Waals surface area contributed by atoms with Crippen molar-refractivity contribution in [2.75, 3.05) is 6.54 Å². The molecule has 0 rings (SSSR count). The van der Waals surface area contributed by atoms with E-state index in [0.29, 0.717) is 5.92 Å². The van der Waals surface area contributed by atoms with Crippen molar-refractivity contribution in [1.82, 2.24) is 5.32 Å². The summed E-state index contributed by atoms with van der Waals surface area (Å²) in [6.07, 6.45) is 1.51. The number of nitrogens with one attached hydrogen (secondary N) is 1. The van der Waals surface area contributed by atoms with Gasteiger partial charge in [0.2, 0.25) is 5.91 Å². The van der Waals surface area contributed by atoms with Crippen LogP contribution in [0.15, 0.2) is 0 Å². The monoisotopic (exact) mass is 243 g/mol. The van der Waals surface area contributed by atoms with Crippen LogP contribution in [-0.2, 0) is 14.3 Å². The quantitative estimate of drug-likeness (QED) is 0.697. The molecule has 17 heavy (non-hydrogen) atoms. The maximum absolute atomic E-state index is 11.4. The molecule has 0 radical (unpaired) electrons. The second kappa shape index (κ2) is 8.09. The molecule has 1 amide bonds. The fraction of sp³-hybridized carbons (Fsp3) is 0.846. The van der Waals surface area contributed by atoms with Gasteiger partial charge in [-0.3, -0.25) is 9.59 Å². The highest BCUT2D eigenvalue weighted by Gasteiger charge is 2.14. The lowest BCUT2D eigenvalue weighted by Gasteiger charge is -2.16. The van der Waals surface area contributed by atoms with Gasteiger partial charge in [0.1, 0.15) is 6.54 Å². The van der Waals surface area contributed by atoms with E-state index in [9.17, 15) is 9.59 Å². The van der Waals surface area contributed by atoms with Gasteiger partial charge in [-0.15, -0.1) is 0 Å². The lowest BCUT2D eigenvalue weighted by molar-refractivity contribution is -0.149. The van der Waals surface area contributed by atoms with Crippen molar-refractivity contribution in [2.45, 2.75) is 53.6 Å². The minimum Gasteiger partial charge on any atom is -0.461 e. The summed E-state index contributed by atoms with van der Waals surface area (Å²) in [5.41, 5.74) is 0. The van der Waals surface area contributed by atoms with Crippen molar-refractivity contribution in [3.05, 3.63) is 0 Å². The summed E-state index contributed by atoms with van der Waals surface area (Å²) in [7, 11) is 0. The molecular weight excluding hydrogens is 218 g/mol. The minimum absolute atomic E-state index is 0.0361. The van der Waals surface area contributed by atoms with Crippen molar-refractivity contribution in [2.24, 2.45) is 11.8 Å². The van der Waals surface area contributed by atoms with Crippen LogP contribution in [0.5, 0.6) is 0 Å². The van der Waals surface area contributed by atoms with Crippen LogP contribution in [-0.4, -0.2) is 24.5 Å². The summed E-state index contributed by atoms with van der Waals surface area (Å²) in [6, 6.07) is 0. The summed E-state index contributed by atoms with van der Waals surface area (Å²) in [6.45, 7) is 9.76. The van der Waals surface area contributed by atoms with Gasteiger partial charge >= 0.3 is 5.97 Å². The number of rotatable bonds is 7.